The number of ether oxygens (including phenoxy) is 1. The molecular formula is C15H27NO. The van der Waals surface area contributed by atoms with E-state index in [-0.39, 0.29) is 0 Å². The van der Waals surface area contributed by atoms with Crippen molar-refractivity contribution in [2.24, 2.45) is 17.8 Å². The van der Waals surface area contributed by atoms with Crippen molar-refractivity contribution in [3.05, 3.63) is 0 Å². The lowest BCUT2D eigenvalue weighted by Crippen LogP contribution is -2.27. The summed E-state index contributed by atoms with van der Waals surface area (Å²) in [6, 6.07) is 0. The molecule has 1 aliphatic heterocycles. The van der Waals surface area contributed by atoms with Crippen LogP contribution in [0, 0.1) is 17.8 Å². The first-order valence-electron chi connectivity index (χ1n) is 7.74. The van der Waals surface area contributed by atoms with E-state index in [4.69, 9.17) is 4.74 Å². The molecule has 0 amide bonds. The summed E-state index contributed by atoms with van der Waals surface area (Å²) < 4.78 is 5.65. The van der Waals surface area contributed by atoms with Gasteiger partial charge in [-0.15, -0.1) is 0 Å². The van der Waals surface area contributed by atoms with Crippen molar-refractivity contribution in [2.75, 3.05) is 19.7 Å². The first-order chi connectivity index (χ1) is 8.42. The van der Waals surface area contributed by atoms with Crippen LogP contribution in [0.5, 0.6) is 0 Å². The molecule has 0 radical (unpaired) electrons. The van der Waals surface area contributed by atoms with Gasteiger partial charge in [0.15, 0.2) is 0 Å². The highest BCUT2D eigenvalue weighted by molar-refractivity contribution is 4.90. The fourth-order valence-corrected chi connectivity index (χ4v) is 4.24. The summed E-state index contributed by atoms with van der Waals surface area (Å²) in [5.41, 5.74) is 0. The van der Waals surface area contributed by atoms with E-state index < -0.39 is 0 Å². The minimum atomic E-state index is 0.583. The highest BCUT2D eigenvalue weighted by Gasteiger charge is 2.38. The van der Waals surface area contributed by atoms with Gasteiger partial charge in [0.1, 0.15) is 0 Å². The number of nitrogens with one attached hydrogen (secondary N) is 1. The molecular weight excluding hydrogens is 210 g/mol. The zero-order valence-corrected chi connectivity index (χ0v) is 11.0. The first kappa shape index (κ1) is 12.0. The summed E-state index contributed by atoms with van der Waals surface area (Å²) >= 11 is 0. The van der Waals surface area contributed by atoms with Gasteiger partial charge < -0.3 is 10.1 Å². The number of rotatable bonds is 6. The van der Waals surface area contributed by atoms with Crippen LogP contribution in [0.4, 0.5) is 0 Å². The minimum Gasteiger partial charge on any atom is -0.378 e. The van der Waals surface area contributed by atoms with Crippen LogP contribution in [0.1, 0.15) is 51.4 Å². The maximum Gasteiger partial charge on any atom is 0.0576 e. The molecule has 0 aromatic heterocycles. The topological polar surface area (TPSA) is 21.3 Å². The summed E-state index contributed by atoms with van der Waals surface area (Å²) in [4.78, 5) is 0. The Morgan fingerprint density at radius 2 is 2.12 bits per heavy atom. The Labute approximate surface area is 105 Å². The SMILES string of the molecule is C(CNCC1CC2CCC1C2)CC1CCCO1. The quantitative estimate of drug-likeness (QED) is 0.717. The molecule has 4 unspecified atom stereocenters. The molecule has 4 atom stereocenters. The van der Waals surface area contributed by atoms with Crippen molar-refractivity contribution >= 4 is 0 Å². The van der Waals surface area contributed by atoms with Gasteiger partial charge in [-0.1, -0.05) is 6.42 Å². The Balaban J connectivity index is 1.23. The lowest BCUT2D eigenvalue weighted by molar-refractivity contribution is 0.102. The molecule has 3 fully saturated rings. The molecule has 3 rings (SSSR count). The molecule has 1 heterocycles. The fourth-order valence-electron chi connectivity index (χ4n) is 4.24. The molecule has 98 valence electrons. The summed E-state index contributed by atoms with van der Waals surface area (Å²) in [6.07, 6.45) is 11.8. The van der Waals surface area contributed by atoms with Crippen LogP contribution in [0.3, 0.4) is 0 Å². The van der Waals surface area contributed by atoms with Crippen molar-refractivity contribution in [1.82, 2.24) is 5.32 Å². The lowest BCUT2D eigenvalue weighted by atomic mass is 9.89. The predicted octanol–water partition coefficient (Wildman–Crippen LogP) is 2.97. The Morgan fingerprint density at radius 3 is 2.82 bits per heavy atom. The first-order valence-corrected chi connectivity index (χ1v) is 7.74. The average Bonchev–Trinajstić information content (AvgIpc) is 3.05. The second-order valence-electron chi connectivity index (χ2n) is 6.42. The van der Waals surface area contributed by atoms with E-state index in [2.05, 4.69) is 5.32 Å². The number of fused-ring (bicyclic) bond motifs is 2. The molecule has 2 heteroatoms. The monoisotopic (exact) mass is 237 g/mol. The van der Waals surface area contributed by atoms with Crippen LogP contribution in [0.2, 0.25) is 0 Å². The van der Waals surface area contributed by atoms with Crippen LogP contribution in [-0.4, -0.2) is 25.8 Å². The van der Waals surface area contributed by atoms with Gasteiger partial charge in [-0.3, -0.25) is 0 Å². The van der Waals surface area contributed by atoms with Crippen molar-refractivity contribution in [2.45, 2.75) is 57.5 Å². The van der Waals surface area contributed by atoms with Gasteiger partial charge in [-0.25, -0.2) is 0 Å². The summed E-state index contributed by atoms with van der Waals surface area (Å²) in [5, 5.41) is 3.68. The molecule has 17 heavy (non-hydrogen) atoms. The van der Waals surface area contributed by atoms with Crippen molar-refractivity contribution < 1.29 is 4.74 Å². The van der Waals surface area contributed by atoms with Crippen LogP contribution < -0.4 is 5.32 Å². The molecule has 1 N–H and O–H groups in total. The second-order valence-corrected chi connectivity index (χ2v) is 6.42. The van der Waals surface area contributed by atoms with E-state index in [9.17, 15) is 0 Å². The third kappa shape index (κ3) is 3.03. The minimum absolute atomic E-state index is 0.583. The van der Waals surface area contributed by atoms with E-state index in [1.807, 2.05) is 0 Å². The van der Waals surface area contributed by atoms with Crippen LogP contribution in [0.15, 0.2) is 0 Å². The maximum atomic E-state index is 5.65. The fraction of sp³-hybridized carbons (Fsp3) is 1.00. The van der Waals surface area contributed by atoms with Crippen LogP contribution in [-0.2, 0) is 4.74 Å². The Morgan fingerprint density at radius 1 is 1.12 bits per heavy atom. The summed E-state index contributed by atoms with van der Waals surface area (Å²) in [7, 11) is 0. The van der Waals surface area contributed by atoms with Crippen molar-refractivity contribution in [3.8, 4) is 0 Å². The lowest BCUT2D eigenvalue weighted by Gasteiger charge is -2.22. The van der Waals surface area contributed by atoms with Gasteiger partial charge in [0.2, 0.25) is 0 Å². The Bertz CT molecular complexity index is 237. The van der Waals surface area contributed by atoms with Crippen molar-refractivity contribution in [3.63, 3.8) is 0 Å². The van der Waals surface area contributed by atoms with E-state index >= 15 is 0 Å². The molecule has 0 aromatic rings. The third-order valence-electron chi connectivity index (χ3n) is 5.19. The average molecular weight is 237 g/mol. The zero-order valence-electron chi connectivity index (χ0n) is 11.0. The standard InChI is InChI=1S/C15H27NO/c1(3-15-4-2-8-17-15)7-16-11-14-10-12-5-6-13(14)9-12/h12-16H,1-11H2. The van der Waals surface area contributed by atoms with E-state index in [1.165, 1.54) is 58.0 Å². The smallest absolute Gasteiger partial charge is 0.0576 e. The number of hydrogen-bond acceptors (Lipinski definition) is 2. The Kier molecular flexibility index (Phi) is 4.02. The largest absolute Gasteiger partial charge is 0.378 e. The summed E-state index contributed by atoms with van der Waals surface area (Å²) in [5.74, 6) is 3.18. The van der Waals surface area contributed by atoms with E-state index in [0.29, 0.717) is 6.10 Å². The van der Waals surface area contributed by atoms with Gasteiger partial charge in [0.05, 0.1) is 6.10 Å². The van der Waals surface area contributed by atoms with Crippen LogP contribution in [0.25, 0.3) is 0 Å². The molecule has 2 aliphatic carbocycles. The van der Waals surface area contributed by atoms with Crippen molar-refractivity contribution in [1.29, 1.82) is 0 Å². The molecule has 2 nitrogen and oxygen atoms in total. The zero-order chi connectivity index (χ0) is 11.5. The molecule has 3 aliphatic rings. The maximum absolute atomic E-state index is 5.65. The third-order valence-corrected chi connectivity index (χ3v) is 5.19. The molecule has 0 aromatic carbocycles. The highest BCUT2D eigenvalue weighted by atomic mass is 16.5. The van der Waals surface area contributed by atoms with Gasteiger partial charge in [-0.05, 0) is 75.8 Å². The van der Waals surface area contributed by atoms with Gasteiger partial charge >= 0.3 is 0 Å². The van der Waals surface area contributed by atoms with Crippen LogP contribution >= 0.6 is 0 Å². The molecule has 2 bridgehead atoms. The van der Waals surface area contributed by atoms with Gasteiger partial charge in [-0.2, -0.15) is 0 Å². The Hall–Kier alpha value is -0.0800. The molecule has 2 saturated carbocycles. The van der Waals surface area contributed by atoms with E-state index in [1.54, 1.807) is 6.42 Å². The highest BCUT2D eigenvalue weighted by Crippen LogP contribution is 2.47. The molecule has 1 saturated heterocycles. The van der Waals surface area contributed by atoms with Gasteiger partial charge in [0, 0.05) is 6.61 Å². The second kappa shape index (κ2) is 5.71. The number of hydrogen-bond donors (Lipinski definition) is 1. The predicted molar refractivity (Wildman–Crippen MR) is 70.0 cm³/mol. The molecule has 0 spiro atoms. The van der Waals surface area contributed by atoms with E-state index in [0.717, 1.165) is 24.4 Å². The van der Waals surface area contributed by atoms with Gasteiger partial charge in [0.25, 0.3) is 0 Å². The normalized spacial score (nSPS) is 40.2. The summed E-state index contributed by atoms with van der Waals surface area (Å²) in [6.45, 7) is 3.49.